The van der Waals surface area contributed by atoms with Crippen LogP contribution in [0.25, 0.3) is 0 Å². The van der Waals surface area contributed by atoms with Crippen LogP contribution in [0.5, 0.6) is 0 Å². The fraction of sp³-hybridized carbons (Fsp3) is 0.706. The van der Waals surface area contributed by atoms with Crippen LogP contribution in [0.1, 0.15) is 20.3 Å². The van der Waals surface area contributed by atoms with Crippen LogP contribution in [-0.2, 0) is 4.74 Å². The number of hydrogen-bond donors (Lipinski definition) is 1. The number of rotatable bonds is 7. The molecule has 0 aliphatic carbocycles. The zero-order chi connectivity index (χ0) is 16.5. The molecule has 1 aliphatic heterocycles. The molecule has 0 saturated carbocycles. The van der Waals surface area contributed by atoms with Gasteiger partial charge in [0.2, 0.25) is 0 Å². The van der Waals surface area contributed by atoms with Crippen molar-refractivity contribution in [3.05, 3.63) is 17.5 Å². The molecule has 7 heteroatoms. The lowest BCUT2D eigenvalue weighted by atomic mass is 10.1. The minimum Gasteiger partial charge on any atom is -0.380 e. The summed E-state index contributed by atoms with van der Waals surface area (Å²) in [6.07, 6.45) is 1.12. The monoisotopic (exact) mass is 466 g/mol. The summed E-state index contributed by atoms with van der Waals surface area (Å²) >= 11 is 1.81. The highest BCUT2D eigenvalue weighted by atomic mass is 127. The summed E-state index contributed by atoms with van der Waals surface area (Å²) in [5, 5.41) is 6.92. The summed E-state index contributed by atoms with van der Waals surface area (Å²) < 4.78 is 5.65. The van der Waals surface area contributed by atoms with Crippen molar-refractivity contribution in [3.63, 3.8) is 0 Å². The van der Waals surface area contributed by atoms with Crippen molar-refractivity contribution in [2.24, 2.45) is 10.9 Å². The van der Waals surface area contributed by atoms with Gasteiger partial charge in [0.15, 0.2) is 5.96 Å². The number of halogens is 1. The van der Waals surface area contributed by atoms with Gasteiger partial charge in [0, 0.05) is 46.4 Å². The number of nitrogens with one attached hydrogen (secondary N) is 1. The van der Waals surface area contributed by atoms with Gasteiger partial charge in [0.1, 0.15) is 0 Å². The van der Waals surface area contributed by atoms with Crippen LogP contribution in [0.2, 0.25) is 0 Å². The lowest BCUT2D eigenvalue weighted by molar-refractivity contribution is 0.127. The van der Waals surface area contributed by atoms with Gasteiger partial charge in [-0.2, -0.15) is 0 Å². The molecule has 24 heavy (non-hydrogen) atoms. The lowest BCUT2D eigenvalue weighted by Gasteiger charge is -2.37. The highest BCUT2D eigenvalue weighted by Crippen LogP contribution is 2.22. The average molecular weight is 466 g/mol. The molecule has 2 heterocycles. The molecular formula is C17H31IN4OS. The predicted molar refractivity (Wildman–Crippen MR) is 115 cm³/mol. The van der Waals surface area contributed by atoms with Gasteiger partial charge in [-0.05, 0) is 29.9 Å². The molecule has 0 bridgehead atoms. The van der Waals surface area contributed by atoms with E-state index in [4.69, 9.17) is 4.74 Å². The number of piperazine rings is 1. The van der Waals surface area contributed by atoms with Crippen LogP contribution in [0, 0.1) is 5.92 Å². The largest absolute Gasteiger partial charge is 0.380 e. The van der Waals surface area contributed by atoms with Crippen LogP contribution >= 0.6 is 35.3 Å². The summed E-state index contributed by atoms with van der Waals surface area (Å²) in [7, 11) is 1.85. The SMILES string of the molecule is CN=C(NCCOCCC(C)C)N1CCN(c2cccs2)CC1.I. The summed E-state index contributed by atoms with van der Waals surface area (Å²) in [5.74, 6) is 1.69. The Hall–Kier alpha value is -0.540. The molecule has 1 aliphatic rings. The first-order valence-electron chi connectivity index (χ1n) is 8.52. The number of ether oxygens (including phenoxy) is 1. The lowest BCUT2D eigenvalue weighted by Crippen LogP contribution is -2.52. The molecule has 2 rings (SSSR count). The van der Waals surface area contributed by atoms with E-state index in [0.29, 0.717) is 5.92 Å². The Kier molecular flexibility index (Phi) is 10.7. The number of anilines is 1. The van der Waals surface area contributed by atoms with E-state index in [-0.39, 0.29) is 24.0 Å². The second kappa shape index (κ2) is 11.9. The highest BCUT2D eigenvalue weighted by Gasteiger charge is 2.19. The van der Waals surface area contributed by atoms with Crippen molar-refractivity contribution in [3.8, 4) is 0 Å². The molecule has 138 valence electrons. The van der Waals surface area contributed by atoms with Crippen LogP contribution < -0.4 is 10.2 Å². The zero-order valence-corrected chi connectivity index (χ0v) is 18.2. The van der Waals surface area contributed by atoms with Gasteiger partial charge in [-0.15, -0.1) is 35.3 Å². The Balaban J connectivity index is 0.00000288. The van der Waals surface area contributed by atoms with Crippen molar-refractivity contribution >= 4 is 46.3 Å². The first kappa shape index (κ1) is 21.5. The van der Waals surface area contributed by atoms with Crippen molar-refractivity contribution < 1.29 is 4.74 Å². The van der Waals surface area contributed by atoms with Crippen LogP contribution in [0.3, 0.4) is 0 Å². The van der Waals surface area contributed by atoms with Gasteiger partial charge in [-0.25, -0.2) is 0 Å². The second-order valence-electron chi connectivity index (χ2n) is 6.19. The number of nitrogens with zero attached hydrogens (tertiary/aromatic N) is 3. The third-order valence-corrected chi connectivity index (χ3v) is 4.91. The van der Waals surface area contributed by atoms with Crippen LogP contribution in [0.4, 0.5) is 5.00 Å². The summed E-state index contributed by atoms with van der Waals surface area (Å²) in [5.41, 5.74) is 0. The van der Waals surface area contributed by atoms with Gasteiger partial charge in [-0.3, -0.25) is 4.99 Å². The molecule has 0 atom stereocenters. The summed E-state index contributed by atoms with van der Waals surface area (Å²) in [4.78, 5) is 9.18. The first-order chi connectivity index (χ1) is 11.2. The third kappa shape index (κ3) is 7.14. The predicted octanol–water partition coefficient (Wildman–Crippen LogP) is 3.13. The van der Waals surface area contributed by atoms with E-state index in [0.717, 1.165) is 58.3 Å². The maximum atomic E-state index is 5.65. The summed E-state index contributed by atoms with van der Waals surface area (Å²) in [6, 6.07) is 4.31. The van der Waals surface area contributed by atoms with Crippen molar-refractivity contribution in [1.82, 2.24) is 10.2 Å². The topological polar surface area (TPSA) is 40.1 Å². The Morgan fingerprint density at radius 1 is 1.29 bits per heavy atom. The van der Waals surface area contributed by atoms with E-state index >= 15 is 0 Å². The van der Waals surface area contributed by atoms with E-state index < -0.39 is 0 Å². The Morgan fingerprint density at radius 3 is 2.62 bits per heavy atom. The van der Waals surface area contributed by atoms with Gasteiger partial charge < -0.3 is 19.9 Å². The molecule has 1 N–H and O–H groups in total. The Bertz CT molecular complexity index is 459. The molecule has 1 aromatic heterocycles. The van der Waals surface area contributed by atoms with E-state index in [1.165, 1.54) is 5.00 Å². The standard InChI is InChI=1S/C17H30N4OS.HI/c1-15(2)6-12-22-13-7-19-17(18-3)21-10-8-20(9-11-21)16-5-4-14-23-16;/h4-5,14-15H,6-13H2,1-3H3,(H,18,19);1H. The minimum absolute atomic E-state index is 0. The molecule has 0 aromatic carbocycles. The van der Waals surface area contributed by atoms with E-state index in [1.807, 2.05) is 18.4 Å². The van der Waals surface area contributed by atoms with Gasteiger partial charge in [-0.1, -0.05) is 13.8 Å². The normalized spacial score (nSPS) is 15.6. The number of guanidine groups is 1. The molecule has 1 saturated heterocycles. The maximum absolute atomic E-state index is 5.65. The van der Waals surface area contributed by atoms with Crippen molar-refractivity contribution in [2.75, 3.05) is 57.9 Å². The number of thiophene rings is 1. The van der Waals surface area contributed by atoms with Gasteiger partial charge >= 0.3 is 0 Å². The fourth-order valence-corrected chi connectivity index (χ4v) is 3.36. The smallest absolute Gasteiger partial charge is 0.193 e. The van der Waals surface area contributed by atoms with E-state index in [9.17, 15) is 0 Å². The molecule has 0 radical (unpaired) electrons. The molecule has 0 amide bonds. The number of aliphatic imine (C=N–C) groups is 1. The summed E-state index contributed by atoms with van der Waals surface area (Å²) in [6.45, 7) is 10.9. The minimum atomic E-state index is 0. The fourth-order valence-electron chi connectivity index (χ4n) is 2.58. The molecule has 5 nitrogen and oxygen atoms in total. The van der Waals surface area contributed by atoms with Gasteiger partial charge in [0.05, 0.1) is 11.6 Å². The molecular weight excluding hydrogens is 435 g/mol. The first-order valence-corrected chi connectivity index (χ1v) is 9.40. The molecule has 0 unspecified atom stereocenters. The van der Waals surface area contributed by atoms with Crippen molar-refractivity contribution in [2.45, 2.75) is 20.3 Å². The van der Waals surface area contributed by atoms with Gasteiger partial charge in [0.25, 0.3) is 0 Å². The average Bonchev–Trinajstić information content (AvgIpc) is 3.09. The van der Waals surface area contributed by atoms with E-state index in [2.05, 4.69) is 51.5 Å². The Labute approximate surface area is 167 Å². The van der Waals surface area contributed by atoms with Crippen LogP contribution in [0.15, 0.2) is 22.5 Å². The quantitative estimate of drug-likeness (QED) is 0.290. The number of hydrogen-bond acceptors (Lipinski definition) is 4. The third-order valence-electron chi connectivity index (χ3n) is 3.98. The molecule has 1 fully saturated rings. The van der Waals surface area contributed by atoms with Crippen LogP contribution in [-0.4, -0.2) is 63.8 Å². The highest BCUT2D eigenvalue weighted by molar-refractivity contribution is 14.0. The molecule has 0 spiro atoms. The zero-order valence-electron chi connectivity index (χ0n) is 15.0. The van der Waals surface area contributed by atoms with E-state index in [1.54, 1.807) is 0 Å². The van der Waals surface area contributed by atoms with Crippen molar-refractivity contribution in [1.29, 1.82) is 0 Å². The Morgan fingerprint density at radius 2 is 2.04 bits per heavy atom. The molecule has 1 aromatic rings. The second-order valence-corrected chi connectivity index (χ2v) is 7.12. The maximum Gasteiger partial charge on any atom is 0.193 e.